The largest absolute Gasteiger partial charge is 0.477 e. The molecule has 3 heterocycles. The fourth-order valence-corrected chi connectivity index (χ4v) is 5.94. The Labute approximate surface area is 244 Å². The highest BCUT2D eigenvalue weighted by Gasteiger charge is 2.32. The third kappa shape index (κ3) is 5.90. The number of aromatic nitrogens is 1. The first-order chi connectivity index (χ1) is 20.5. The van der Waals surface area contributed by atoms with Gasteiger partial charge in [-0.25, -0.2) is 9.18 Å². The molecule has 43 heavy (non-hydrogen) atoms. The molecule has 2 aromatic carbocycles. The molecule has 2 saturated heterocycles. The van der Waals surface area contributed by atoms with E-state index in [-0.39, 0.29) is 29.4 Å². The Morgan fingerprint density at radius 1 is 0.907 bits per heavy atom. The molecule has 0 unspecified atom stereocenters. The molecular weight excluding hydrogens is 570 g/mol. The first-order valence-electron chi connectivity index (χ1n) is 14.3. The van der Waals surface area contributed by atoms with Crippen LogP contribution in [0.4, 0.5) is 28.9 Å². The minimum absolute atomic E-state index is 0.0371. The fraction of sp³-hybridized carbons (Fsp3) is 0.433. The molecule has 0 radical (unpaired) electrons. The summed E-state index contributed by atoms with van der Waals surface area (Å²) in [5.41, 5.74) is -0.463. The van der Waals surface area contributed by atoms with Crippen LogP contribution in [-0.4, -0.2) is 90.3 Å². The number of anilines is 2. The molecule has 1 aromatic heterocycles. The van der Waals surface area contributed by atoms with E-state index in [0.29, 0.717) is 69.2 Å². The lowest BCUT2D eigenvalue weighted by Crippen LogP contribution is -2.54. The molecule has 6 rings (SSSR count). The summed E-state index contributed by atoms with van der Waals surface area (Å²) >= 11 is 0. The van der Waals surface area contributed by atoms with E-state index in [1.165, 1.54) is 12.3 Å². The number of halogens is 4. The van der Waals surface area contributed by atoms with Crippen LogP contribution in [0.1, 0.15) is 34.8 Å². The van der Waals surface area contributed by atoms with Crippen molar-refractivity contribution in [2.75, 3.05) is 68.7 Å². The minimum atomic E-state index is -4.40. The van der Waals surface area contributed by atoms with Crippen molar-refractivity contribution in [1.29, 1.82) is 0 Å². The number of fused-ring (bicyclic) bond motifs is 1. The number of hydrogen-bond donors (Lipinski definition) is 1. The van der Waals surface area contributed by atoms with Crippen molar-refractivity contribution in [3.05, 3.63) is 69.8 Å². The van der Waals surface area contributed by atoms with Crippen LogP contribution in [0, 0.1) is 5.82 Å². The van der Waals surface area contributed by atoms with Gasteiger partial charge in [0.05, 0.1) is 23.3 Å². The Morgan fingerprint density at radius 2 is 1.58 bits per heavy atom. The maximum absolute atomic E-state index is 15.3. The van der Waals surface area contributed by atoms with E-state index in [9.17, 15) is 32.7 Å². The van der Waals surface area contributed by atoms with Gasteiger partial charge in [-0.2, -0.15) is 13.2 Å². The van der Waals surface area contributed by atoms with E-state index in [0.717, 1.165) is 31.0 Å². The van der Waals surface area contributed by atoms with Gasteiger partial charge in [-0.05, 0) is 43.2 Å². The second kappa shape index (κ2) is 11.2. The molecule has 3 fully saturated rings. The van der Waals surface area contributed by atoms with E-state index in [1.54, 1.807) is 21.6 Å². The van der Waals surface area contributed by atoms with Crippen LogP contribution in [-0.2, 0) is 11.0 Å². The molecule has 9 nitrogen and oxygen atoms in total. The zero-order chi connectivity index (χ0) is 30.5. The lowest BCUT2D eigenvalue weighted by atomic mass is 10.1. The van der Waals surface area contributed by atoms with E-state index in [1.807, 2.05) is 14.7 Å². The predicted octanol–water partition coefficient (Wildman–Crippen LogP) is 3.66. The number of carbonyl (C=O) groups is 2. The van der Waals surface area contributed by atoms with E-state index in [4.69, 9.17) is 0 Å². The first kappa shape index (κ1) is 29.0. The van der Waals surface area contributed by atoms with Gasteiger partial charge >= 0.3 is 12.1 Å². The third-order valence-corrected chi connectivity index (χ3v) is 8.51. The van der Waals surface area contributed by atoms with Gasteiger partial charge in [0, 0.05) is 75.7 Å². The summed E-state index contributed by atoms with van der Waals surface area (Å²) in [7, 11) is 0. The van der Waals surface area contributed by atoms with Gasteiger partial charge in [0.2, 0.25) is 11.3 Å². The number of rotatable bonds is 6. The second-order valence-corrected chi connectivity index (χ2v) is 11.3. The number of aromatic carboxylic acids is 1. The lowest BCUT2D eigenvalue weighted by Gasteiger charge is -2.39. The summed E-state index contributed by atoms with van der Waals surface area (Å²) < 4.78 is 56.3. The highest BCUT2D eigenvalue weighted by Crippen LogP contribution is 2.38. The normalized spacial score (nSPS) is 18.4. The van der Waals surface area contributed by atoms with Crippen molar-refractivity contribution < 1.29 is 32.3 Å². The van der Waals surface area contributed by atoms with Crippen LogP contribution >= 0.6 is 0 Å². The van der Waals surface area contributed by atoms with Crippen LogP contribution in [0.2, 0.25) is 0 Å². The Bertz CT molecular complexity index is 1620. The van der Waals surface area contributed by atoms with Gasteiger partial charge < -0.3 is 24.4 Å². The van der Waals surface area contributed by atoms with E-state index < -0.39 is 29.0 Å². The Hall–Kier alpha value is -4.13. The summed E-state index contributed by atoms with van der Waals surface area (Å²) in [6, 6.07) is 8.06. The average Bonchev–Trinajstić information content (AvgIpc) is 3.83. The van der Waals surface area contributed by atoms with E-state index in [2.05, 4.69) is 0 Å². The number of pyridine rings is 1. The molecule has 1 amide bonds. The minimum Gasteiger partial charge on any atom is -0.477 e. The summed E-state index contributed by atoms with van der Waals surface area (Å²) in [6.07, 6.45) is -1.35. The predicted molar refractivity (Wildman–Crippen MR) is 152 cm³/mol. The Morgan fingerprint density at radius 3 is 2.21 bits per heavy atom. The molecule has 1 saturated carbocycles. The number of piperazine rings is 2. The highest BCUT2D eigenvalue weighted by molar-refractivity contribution is 5.93. The third-order valence-electron chi connectivity index (χ3n) is 8.51. The molecule has 0 atom stereocenters. The SMILES string of the molecule is O=C(O)c1cn(C2CC2)c2cc(N3CCN(C(=O)CN4CCN(c5cccc(C(F)(F)F)c5)CC4)CC3)c(F)cc2c1=O. The zero-order valence-electron chi connectivity index (χ0n) is 23.3. The number of benzene rings is 2. The smallest absolute Gasteiger partial charge is 0.416 e. The number of carboxylic acids is 1. The quantitative estimate of drug-likeness (QED) is 0.432. The number of carbonyl (C=O) groups excluding carboxylic acids is 1. The van der Waals surface area contributed by atoms with Gasteiger partial charge in [-0.1, -0.05) is 6.07 Å². The maximum atomic E-state index is 15.3. The maximum Gasteiger partial charge on any atom is 0.416 e. The second-order valence-electron chi connectivity index (χ2n) is 11.3. The highest BCUT2D eigenvalue weighted by atomic mass is 19.4. The van der Waals surface area contributed by atoms with Gasteiger partial charge in [0.15, 0.2) is 0 Å². The number of amides is 1. The average molecular weight is 602 g/mol. The van der Waals surface area contributed by atoms with Crippen LogP contribution in [0.25, 0.3) is 10.9 Å². The lowest BCUT2D eigenvalue weighted by molar-refractivity contribution is -0.137. The summed E-state index contributed by atoms with van der Waals surface area (Å²) in [6.45, 7) is 3.82. The molecule has 228 valence electrons. The van der Waals surface area contributed by atoms with Gasteiger partial charge in [-0.15, -0.1) is 0 Å². The Kier molecular flexibility index (Phi) is 7.53. The van der Waals surface area contributed by atoms with Gasteiger partial charge in [0.25, 0.3) is 0 Å². The fourth-order valence-electron chi connectivity index (χ4n) is 5.94. The van der Waals surface area contributed by atoms with Crippen molar-refractivity contribution in [2.24, 2.45) is 0 Å². The van der Waals surface area contributed by atoms with Crippen molar-refractivity contribution >= 4 is 34.2 Å². The molecule has 0 bridgehead atoms. The topological polar surface area (TPSA) is 89.3 Å². The number of carboxylic acid groups (broad SMARTS) is 1. The zero-order valence-corrected chi connectivity index (χ0v) is 23.3. The molecule has 0 spiro atoms. The van der Waals surface area contributed by atoms with Crippen molar-refractivity contribution in [1.82, 2.24) is 14.4 Å². The number of nitrogens with zero attached hydrogens (tertiary/aromatic N) is 5. The van der Waals surface area contributed by atoms with Gasteiger partial charge in [0.1, 0.15) is 11.4 Å². The molecule has 3 aromatic rings. The monoisotopic (exact) mass is 601 g/mol. The molecule has 1 N–H and O–H groups in total. The van der Waals surface area contributed by atoms with E-state index >= 15 is 4.39 Å². The molecule has 3 aliphatic rings. The molecular formula is C30H31F4N5O4. The molecule has 2 aliphatic heterocycles. The summed E-state index contributed by atoms with van der Waals surface area (Å²) in [5.74, 6) is -2.02. The number of hydrogen-bond acceptors (Lipinski definition) is 6. The van der Waals surface area contributed by atoms with Crippen LogP contribution in [0.3, 0.4) is 0 Å². The van der Waals surface area contributed by atoms with Crippen LogP contribution in [0.15, 0.2) is 47.4 Å². The van der Waals surface area contributed by atoms with Crippen molar-refractivity contribution in [3.8, 4) is 0 Å². The standard InChI is InChI=1S/C30H31F4N5O4/c31-24-15-22-25(39(20-4-5-20)17-23(28(22)41)29(42)43)16-26(24)37-10-12-38(13-11-37)27(40)18-35-6-8-36(9-7-35)21-3-1-2-19(14-21)30(32,33)34/h1-3,14-17,20H,4-13,18H2,(H,42,43). The van der Waals surface area contributed by atoms with Crippen LogP contribution < -0.4 is 15.2 Å². The number of alkyl halides is 3. The summed E-state index contributed by atoms with van der Waals surface area (Å²) in [5, 5.41) is 9.50. The van der Waals surface area contributed by atoms with Crippen LogP contribution in [0.5, 0.6) is 0 Å². The van der Waals surface area contributed by atoms with Gasteiger partial charge in [-0.3, -0.25) is 14.5 Å². The summed E-state index contributed by atoms with van der Waals surface area (Å²) in [4.78, 5) is 44.9. The molecule has 13 heteroatoms. The Balaban J connectivity index is 1.07. The first-order valence-corrected chi connectivity index (χ1v) is 14.3. The van der Waals surface area contributed by atoms with Crippen molar-refractivity contribution in [3.63, 3.8) is 0 Å². The molecule has 1 aliphatic carbocycles. The van der Waals surface area contributed by atoms with Crippen molar-refractivity contribution in [2.45, 2.75) is 25.1 Å².